The third kappa shape index (κ3) is 3.78. The number of hydrogen-bond donors (Lipinski definition) is 1. The highest BCUT2D eigenvalue weighted by Crippen LogP contribution is 2.26. The molecule has 1 rings (SSSR count). The molecular formula is C11H16N2O5S2. The average molecular weight is 320 g/mol. The minimum absolute atomic E-state index is 0.0915. The molecule has 0 aliphatic heterocycles. The van der Waals surface area contributed by atoms with Crippen LogP contribution < -0.4 is 4.72 Å². The van der Waals surface area contributed by atoms with Crippen molar-refractivity contribution in [3.05, 3.63) is 23.8 Å². The second-order valence-corrected chi connectivity index (χ2v) is 8.30. The molecule has 7 nitrogen and oxygen atoms in total. The number of ketones is 1. The second-order valence-electron chi connectivity index (χ2n) is 4.43. The number of nitrogens with one attached hydrogen (secondary N) is 1. The highest BCUT2D eigenvalue weighted by atomic mass is 32.2. The molecule has 0 radical (unpaired) electrons. The highest BCUT2D eigenvalue weighted by Gasteiger charge is 2.23. The van der Waals surface area contributed by atoms with Gasteiger partial charge in [0.25, 0.3) is 0 Å². The second kappa shape index (κ2) is 5.51. The third-order valence-electron chi connectivity index (χ3n) is 2.44. The van der Waals surface area contributed by atoms with Crippen LogP contribution in [0.4, 0.5) is 5.69 Å². The summed E-state index contributed by atoms with van der Waals surface area (Å²) in [6.07, 6.45) is 0.915. The van der Waals surface area contributed by atoms with Crippen molar-refractivity contribution < 1.29 is 21.6 Å². The van der Waals surface area contributed by atoms with Gasteiger partial charge in [0.05, 0.1) is 11.9 Å². The Morgan fingerprint density at radius 1 is 1.15 bits per heavy atom. The smallest absolute Gasteiger partial charge is 0.244 e. The van der Waals surface area contributed by atoms with Gasteiger partial charge in [0.2, 0.25) is 20.0 Å². The topological polar surface area (TPSA) is 101 Å². The Balaban J connectivity index is 3.58. The Labute approximate surface area is 118 Å². The van der Waals surface area contributed by atoms with E-state index in [9.17, 15) is 21.6 Å². The first kappa shape index (κ1) is 16.6. The summed E-state index contributed by atoms with van der Waals surface area (Å²) in [5, 5.41) is 0. The Kier molecular flexibility index (Phi) is 4.57. The van der Waals surface area contributed by atoms with Gasteiger partial charge >= 0.3 is 0 Å². The van der Waals surface area contributed by atoms with Crippen molar-refractivity contribution in [3.8, 4) is 0 Å². The quantitative estimate of drug-likeness (QED) is 0.797. The van der Waals surface area contributed by atoms with E-state index in [1.165, 1.54) is 33.2 Å². The van der Waals surface area contributed by atoms with Crippen LogP contribution >= 0.6 is 0 Å². The minimum Gasteiger partial charge on any atom is -0.295 e. The molecular weight excluding hydrogens is 304 g/mol. The number of anilines is 1. The fourth-order valence-corrected chi connectivity index (χ4v) is 3.14. The van der Waals surface area contributed by atoms with E-state index in [0.717, 1.165) is 16.6 Å². The number of hydrogen-bond acceptors (Lipinski definition) is 5. The lowest BCUT2D eigenvalue weighted by Crippen LogP contribution is -2.24. The molecule has 20 heavy (non-hydrogen) atoms. The van der Waals surface area contributed by atoms with Gasteiger partial charge in [0, 0.05) is 19.7 Å². The fourth-order valence-electron chi connectivity index (χ4n) is 1.44. The van der Waals surface area contributed by atoms with Crippen LogP contribution in [0.5, 0.6) is 0 Å². The maximum Gasteiger partial charge on any atom is 0.244 e. The SMILES string of the molecule is CC(=O)c1ccc(NS(C)(=O)=O)c(S(=O)(=O)N(C)C)c1. The zero-order chi connectivity index (χ0) is 15.7. The molecule has 1 aromatic carbocycles. The molecule has 0 aromatic heterocycles. The lowest BCUT2D eigenvalue weighted by atomic mass is 10.1. The van der Waals surface area contributed by atoms with Crippen LogP contribution in [0.25, 0.3) is 0 Å². The van der Waals surface area contributed by atoms with Crippen LogP contribution in [-0.4, -0.2) is 47.3 Å². The predicted octanol–water partition coefficient (Wildman–Crippen LogP) is 0.511. The van der Waals surface area contributed by atoms with E-state index in [2.05, 4.69) is 4.72 Å². The van der Waals surface area contributed by atoms with Crippen molar-refractivity contribution in [3.63, 3.8) is 0 Å². The first-order valence-electron chi connectivity index (χ1n) is 5.50. The lowest BCUT2D eigenvalue weighted by molar-refractivity contribution is 0.101. The normalized spacial score (nSPS) is 12.4. The number of benzene rings is 1. The van der Waals surface area contributed by atoms with Gasteiger partial charge in [-0.1, -0.05) is 0 Å². The van der Waals surface area contributed by atoms with Gasteiger partial charge in [0.1, 0.15) is 4.90 Å². The van der Waals surface area contributed by atoms with Crippen molar-refractivity contribution in [2.24, 2.45) is 0 Å². The zero-order valence-electron chi connectivity index (χ0n) is 11.5. The molecule has 9 heteroatoms. The van der Waals surface area contributed by atoms with Crippen LogP contribution in [0.1, 0.15) is 17.3 Å². The summed E-state index contributed by atoms with van der Waals surface area (Å²) >= 11 is 0. The number of carbonyl (C=O) groups is 1. The van der Waals surface area contributed by atoms with Crippen molar-refractivity contribution >= 4 is 31.5 Å². The zero-order valence-corrected chi connectivity index (χ0v) is 13.2. The van der Waals surface area contributed by atoms with Gasteiger partial charge in [-0.3, -0.25) is 9.52 Å². The number of rotatable bonds is 5. The summed E-state index contributed by atoms with van der Waals surface area (Å²) in [6, 6.07) is 3.78. The van der Waals surface area contributed by atoms with E-state index in [0.29, 0.717) is 0 Å². The average Bonchev–Trinajstić information content (AvgIpc) is 2.26. The molecule has 0 saturated heterocycles. The molecule has 112 valence electrons. The Morgan fingerprint density at radius 3 is 2.10 bits per heavy atom. The van der Waals surface area contributed by atoms with Crippen LogP contribution in [0.15, 0.2) is 23.1 Å². The van der Waals surface area contributed by atoms with Gasteiger partial charge in [-0.05, 0) is 25.1 Å². The van der Waals surface area contributed by atoms with E-state index in [4.69, 9.17) is 0 Å². The maximum atomic E-state index is 12.2. The largest absolute Gasteiger partial charge is 0.295 e. The number of nitrogens with zero attached hydrogens (tertiary/aromatic N) is 1. The van der Waals surface area contributed by atoms with Crippen molar-refractivity contribution in [1.82, 2.24) is 4.31 Å². The standard InChI is InChI=1S/C11H16N2O5S2/c1-8(14)9-5-6-10(12-19(4,15)16)11(7-9)20(17,18)13(2)3/h5-7,12H,1-4H3. The highest BCUT2D eigenvalue weighted by molar-refractivity contribution is 7.92. The maximum absolute atomic E-state index is 12.2. The van der Waals surface area contributed by atoms with Crippen molar-refractivity contribution in [1.29, 1.82) is 0 Å². The molecule has 0 saturated carbocycles. The Morgan fingerprint density at radius 2 is 1.70 bits per heavy atom. The monoisotopic (exact) mass is 320 g/mol. The number of sulfonamides is 2. The molecule has 0 unspecified atom stereocenters. The minimum atomic E-state index is -3.88. The van der Waals surface area contributed by atoms with Crippen LogP contribution in [0.3, 0.4) is 0 Å². The molecule has 0 atom stereocenters. The predicted molar refractivity (Wildman–Crippen MR) is 75.8 cm³/mol. The summed E-state index contributed by atoms with van der Waals surface area (Å²) in [6.45, 7) is 1.30. The summed E-state index contributed by atoms with van der Waals surface area (Å²) < 4.78 is 50.0. The number of Topliss-reactive ketones (excluding diaryl/α,β-unsaturated/α-hetero) is 1. The summed E-state index contributed by atoms with van der Waals surface area (Å²) in [4.78, 5) is 11.1. The van der Waals surface area contributed by atoms with Gasteiger partial charge in [-0.15, -0.1) is 0 Å². The number of carbonyl (C=O) groups excluding carboxylic acids is 1. The first-order valence-corrected chi connectivity index (χ1v) is 8.83. The fraction of sp³-hybridized carbons (Fsp3) is 0.364. The Bertz CT molecular complexity index is 736. The van der Waals surface area contributed by atoms with E-state index in [1.54, 1.807) is 0 Å². The van der Waals surface area contributed by atoms with Gasteiger partial charge in [-0.25, -0.2) is 21.1 Å². The molecule has 0 aliphatic rings. The molecule has 0 aliphatic carbocycles. The third-order valence-corrected chi connectivity index (χ3v) is 4.89. The van der Waals surface area contributed by atoms with E-state index in [-0.39, 0.29) is 21.9 Å². The summed E-state index contributed by atoms with van der Waals surface area (Å²) in [5.41, 5.74) is 0.0932. The van der Waals surface area contributed by atoms with Gasteiger partial charge in [-0.2, -0.15) is 0 Å². The molecule has 1 N–H and O–H groups in total. The van der Waals surface area contributed by atoms with E-state index >= 15 is 0 Å². The van der Waals surface area contributed by atoms with Gasteiger partial charge < -0.3 is 0 Å². The van der Waals surface area contributed by atoms with Crippen LogP contribution in [0.2, 0.25) is 0 Å². The molecule has 0 fully saturated rings. The molecule has 0 amide bonds. The summed E-state index contributed by atoms with van der Waals surface area (Å²) in [7, 11) is -4.88. The molecule has 1 aromatic rings. The van der Waals surface area contributed by atoms with Gasteiger partial charge in [0.15, 0.2) is 5.78 Å². The molecule has 0 spiro atoms. The lowest BCUT2D eigenvalue weighted by Gasteiger charge is -2.16. The Hall–Kier alpha value is -1.45. The van der Waals surface area contributed by atoms with Crippen LogP contribution in [0, 0.1) is 0 Å². The summed E-state index contributed by atoms with van der Waals surface area (Å²) in [5.74, 6) is -0.314. The van der Waals surface area contributed by atoms with E-state index in [1.807, 2.05) is 0 Å². The van der Waals surface area contributed by atoms with Crippen molar-refractivity contribution in [2.75, 3.05) is 25.1 Å². The first-order chi connectivity index (χ1) is 8.95. The molecule has 0 bridgehead atoms. The molecule has 0 heterocycles. The van der Waals surface area contributed by atoms with Crippen molar-refractivity contribution in [2.45, 2.75) is 11.8 Å². The van der Waals surface area contributed by atoms with Crippen LogP contribution in [-0.2, 0) is 20.0 Å². The van der Waals surface area contributed by atoms with E-state index < -0.39 is 20.0 Å².